The maximum absolute atomic E-state index is 12.6. The zero-order chi connectivity index (χ0) is 16.4. The Balaban J connectivity index is 1.72. The molecule has 0 aromatic carbocycles. The molecule has 1 saturated heterocycles. The lowest BCUT2D eigenvalue weighted by atomic mass is 10.1. The van der Waals surface area contributed by atoms with Gasteiger partial charge in [0.25, 0.3) is 0 Å². The Labute approximate surface area is 134 Å². The van der Waals surface area contributed by atoms with Gasteiger partial charge in [-0.15, -0.1) is 0 Å². The van der Waals surface area contributed by atoms with E-state index in [4.69, 9.17) is 16.3 Å². The molecule has 0 spiro atoms. The summed E-state index contributed by atoms with van der Waals surface area (Å²) >= 11 is 5.56. The van der Waals surface area contributed by atoms with Gasteiger partial charge < -0.3 is 10.1 Å². The van der Waals surface area contributed by atoms with Gasteiger partial charge in [-0.05, 0) is 12.8 Å². The van der Waals surface area contributed by atoms with Crippen molar-refractivity contribution in [3.63, 3.8) is 0 Å². The van der Waals surface area contributed by atoms with Crippen LogP contribution in [-0.2, 0) is 10.9 Å². The van der Waals surface area contributed by atoms with Gasteiger partial charge in [0.2, 0.25) is 5.95 Å². The molecule has 0 radical (unpaired) electrons. The summed E-state index contributed by atoms with van der Waals surface area (Å²) in [6, 6.07) is 0.247. The molecule has 0 aliphatic carbocycles. The summed E-state index contributed by atoms with van der Waals surface area (Å²) in [7, 11) is 0. The molecule has 0 bridgehead atoms. The van der Waals surface area contributed by atoms with E-state index in [1.807, 2.05) is 0 Å². The summed E-state index contributed by atoms with van der Waals surface area (Å²) in [5, 5.41) is 6.39. The van der Waals surface area contributed by atoms with Gasteiger partial charge in [0.05, 0.1) is 17.9 Å². The third kappa shape index (κ3) is 3.73. The second kappa shape index (κ2) is 6.32. The van der Waals surface area contributed by atoms with Crippen molar-refractivity contribution >= 4 is 23.2 Å². The molecule has 124 valence electrons. The third-order valence-corrected chi connectivity index (χ3v) is 3.76. The zero-order valence-electron chi connectivity index (χ0n) is 11.8. The van der Waals surface area contributed by atoms with Crippen molar-refractivity contribution in [2.45, 2.75) is 25.1 Å². The topological polar surface area (TPSA) is 64.9 Å². The molecule has 10 heteroatoms. The number of nitrogens with zero attached hydrogens (tertiary/aromatic N) is 4. The van der Waals surface area contributed by atoms with Crippen LogP contribution in [-0.4, -0.2) is 33.0 Å². The van der Waals surface area contributed by atoms with Gasteiger partial charge in [-0.2, -0.15) is 18.3 Å². The van der Waals surface area contributed by atoms with Crippen LogP contribution >= 0.6 is 11.6 Å². The lowest BCUT2D eigenvalue weighted by Crippen LogP contribution is -2.19. The van der Waals surface area contributed by atoms with E-state index in [0.29, 0.717) is 25.1 Å². The Bertz CT molecular complexity index is 684. The molecule has 1 N–H and O–H groups in total. The first-order chi connectivity index (χ1) is 10.9. The highest BCUT2D eigenvalue weighted by Crippen LogP contribution is 2.33. The number of anilines is 2. The van der Waals surface area contributed by atoms with E-state index in [1.54, 1.807) is 17.1 Å². The number of hydrogen-bond donors (Lipinski definition) is 1. The first-order valence-electron chi connectivity index (χ1n) is 6.92. The summed E-state index contributed by atoms with van der Waals surface area (Å²) < 4.78 is 44.9. The number of ether oxygens (including phenoxy) is 1. The van der Waals surface area contributed by atoms with Crippen molar-refractivity contribution < 1.29 is 17.9 Å². The van der Waals surface area contributed by atoms with E-state index in [-0.39, 0.29) is 12.0 Å². The van der Waals surface area contributed by atoms with Gasteiger partial charge in [0.15, 0.2) is 0 Å². The van der Waals surface area contributed by atoms with Crippen LogP contribution in [0.3, 0.4) is 0 Å². The first-order valence-corrected chi connectivity index (χ1v) is 7.30. The molecule has 3 heterocycles. The van der Waals surface area contributed by atoms with Crippen LogP contribution < -0.4 is 5.32 Å². The molecular weight excluding hydrogens is 335 g/mol. The normalized spacial score (nSPS) is 16.5. The molecule has 6 nitrogen and oxygen atoms in total. The number of nitrogens with one attached hydrogen (secondary N) is 1. The summed E-state index contributed by atoms with van der Waals surface area (Å²) in [4.78, 5) is 7.26. The van der Waals surface area contributed by atoms with Crippen LogP contribution in [0.4, 0.5) is 24.8 Å². The molecule has 0 atom stereocenters. The van der Waals surface area contributed by atoms with Gasteiger partial charge in [0, 0.05) is 25.6 Å². The number of hydrogen-bond acceptors (Lipinski definition) is 5. The number of rotatable bonds is 3. The second-order valence-corrected chi connectivity index (χ2v) is 5.43. The highest BCUT2D eigenvalue weighted by molar-refractivity contribution is 6.30. The molecule has 0 saturated carbocycles. The summed E-state index contributed by atoms with van der Waals surface area (Å²) in [6.45, 7) is 1.37. The van der Waals surface area contributed by atoms with E-state index in [0.717, 1.165) is 12.8 Å². The van der Waals surface area contributed by atoms with Crippen molar-refractivity contribution in [1.29, 1.82) is 0 Å². The van der Waals surface area contributed by atoms with Crippen molar-refractivity contribution in [3.8, 4) is 0 Å². The number of aromatic nitrogens is 4. The molecule has 0 amide bonds. The van der Waals surface area contributed by atoms with Crippen LogP contribution in [0.5, 0.6) is 0 Å². The van der Waals surface area contributed by atoms with E-state index in [9.17, 15) is 13.2 Å². The fourth-order valence-corrected chi connectivity index (χ4v) is 2.53. The molecule has 3 rings (SSSR count). The highest BCUT2D eigenvalue weighted by Gasteiger charge is 2.34. The molecule has 23 heavy (non-hydrogen) atoms. The van der Waals surface area contributed by atoms with Crippen molar-refractivity contribution in [2.24, 2.45) is 0 Å². The molecule has 1 fully saturated rings. The van der Waals surface area contributed by atoms with E-state index in [1.165, 1.54) is 0 Å². The van der Waals surface area contributed by atoms with Crippen LogP contribution in [0.1, 0.15) is 24.4 Å². The summed E-state index contributed by atoms with van der Waals surface area (Å²) in [6.07, 6.45) is 1.12. The third-order valence-electron chi connectivity index (χ3n) is 3.47. The number of halogens is 4. The van der Waals surface area contributed by atoms with Crippen LogP contribution in [0.15, 0.2) is 18.6 Å². The lowest BCUT2D eigenvalue weighted by molar-refractivity contribution is -0.137. The van der Waals surface area contributed by atoms with Crippen molar-refractivity contribution in [2.75, 3.05) is 18.5 Å². The molecule has 1 aliphatic rings. The van der Waals surface area contributed by atoms with Crippen molar-refractivity contribution in [1.82, 2.24) is 19.7 Å². The predicted octanol–water partition coefficient (Wildman–Crippen LogP) is 3.44. The van der Waals surface area contributed by atoms with Gasteiger partial charge in [0.1, 0.15) is 10.7 Å². The Morgan fingerprint density at radius 2 is 2.00 bits per heavy atom. The fourth-order valence-electron chi connectivity index (χ4n) is 2.29. The maximum Gasteiger partial charge on any atom is 0.420 e. The molecule has 1 aliphatic heterocycles. The van der Waals surface area contributed by atoms with Crippen LogP contribution in [0, 0.1) is 0 Å². The first kappa shape index (κ1) is 16.0. The van der Waals surface area contributed by atoms with Gasteiger partial charge >= 0.3 is 6.18 Å². The largest absolute Gasteiger partial charge is 0.420 e. The van der Waals surface area contributed by atoms with Crippen LogP contribution in [0.2, 0.25) is 5.15 Å². The molecule has 2 aromatic heterocycles. The average Bonchev–Trinajstić information content (AvgIpc) is 2.95. The van der Waals surface area contributed by atoms with Gasteiger partial charge in [-0.1, -0.05) is 11.6 Å². The predicted molar refractivity (Wildman–Crippen MR) is 76.6 cm³/mol. The quantitative estimate of drug-likeness (QED) is 0.862. The standard InChI is InChI=1S/C13H13ClF3N5O/c14-11-10(13(15,16)17)6-18-12(21-11)20-8-5-19-22(7-8)9-1-3-23-4-2-9/h5-7,9H,1-4H2,(H,18,20,21). The summed E-state index contributed by atoms with van der Waals surface area (Å²) in [5.41, 5.74) is -0.491. The Kier molecular flexibility index (Phi) is 4.40. The Morgan fingerprint density at radius 3 is 2.65 bits per heavy atom. The monoisotopic (exact) mass is 347 g/mol. The average molecular weight is 348 g/mol. The SMILES string of the molecule is FC(F)(F)c1cnc(Nc2cnn(C3CCOCC3)c2)nc1Cl. The van der Waals surface area contributed by atoms with Crippen molar-refractivity contribution in [3.05, 3.63) is 29.3 Å². The van der Waals surface area contributed by atoms with E-state index < -0.39 is 16.9 Å². The number of alkyl halides is 3. The minimum absolute atomic E-state index is 0.0190. The van der Waals surface area contributed by atoms with Gasteiger partial charge in [-0.3, -0.25) is 4.68 Å². The molecule has 2 aromatic rings. The molecule has 0 unspecified atom stereocenters. The van der Waals surface area contributed by atoms with Crippen LogP contribution in [0.25, 0.3) is 0 Å². The Morgan fingerprint density at radius 1 is 1.26 bits per heavy atom. The van der Waals surface area contributed by atoms with Gasteiger partial charge in [-0.25, -0.2) is 9.97 Å². The lowest BCUT2D eigenvalue weighted by Gasteiger charge is -2.22. The fraction of sp³-hybridized carbons (Fsp3) is 0.462. The van der Waals surface area contributed by atoms with E-state index in [2.05, 4.69) is 20.4 Å². The van der Waals surface area contributed by atoms with E-state index >= 15 is 0 Å². The molecular formula is C13H13ClF3N5O. The second-order valence-electron chi connectivity index (χ2n) is 5.07. The Hall–Kier alpha value is -1.87. The minimum Gasteiger partial charge on any atom is -0.381 e. The highest BCUT2D eigenvalue weighted by atomic mass is 35.5. The zero-order valence-corrected chi connectivity index (χ0v) is 12.6. The summed E-state index contributed by atoms with van der Waals surface area (Å²) in [5.74, 6) is -0.0190. The minimum atomic E-state index is -4.58. The smallest absolute Gasteiger partial charge is 0.381 e. The maximum atomic E-state index is 12.6.